The van der Waals surface area contributed by atoms with Crippen molar-refractivity contribution in [1.82, 2.24) is 4.31 Å². The first-order valence-corrected chi connectivity index (χ1v) is 11.4. The number of nitrogens with zero attached hydrogens (tertiary/aromatic N) is 1. The van der Waals surface area contributed by atoms with Crippen LogP contribution in [0.4, 0.5) is 0 Å². The Bertz CT molecular complexity index is 1180. The van der Waals surface area contributed by atoms with Gasteiger partial charge in [-0.25, -0.2) is 17.5 Å². The molecule has 32 heavy (non-hydrogen) atoms. The van der Waals surface area contributed by atoms with Gasteiger partial charge in [-0.3, -0.25) is 4.79 Å². The number of carboxylic acid groups (broad SMARTS) is 1. The van der Waals surface area contributed by atoms with Crippen LogP contribution in [0.3, 0.4) is 0 Å². The molecule has 0 aliphatic heterocycles. The summed E-state index contributed by atoms with van der Waals surface area (Å²) in [6.45, 7) is 1.79. The Labute approximate surface area is 187 Å². The van der Waals surface area contributed by atoms with Crippen LogP contribution in [0, 0.1) is 6.92 Å². The summed E-state index contributed by atoms with van der Waals surface area (Å²) >= 11 is 0. The summed E-state index contributed by atoms with van der Waals surface area (Å²) in [5.41, 5.74) is 7.90. The van der Waals surface area contributed by atoms with Crippen LogP contribution < -0.4 is 5.73 Å². The topological polar surface area (TPSA) is 118 Å². The lowest BCUT2D eigenvalue weighted by molar-refractivity contribution is -0.146. The molecule has 0 aliphatic rings. The zero-order valence-electron chi connectivity index (χ0n) is 17.5. The second-order valence-electron chi connectivity index (χ2n) is 7.38. The second-order valence-corrected chi connectivity index (χ2v) is 9.20. The maximum atomic E-state index is 13.5. The molecule has 166 valence electrons. The molecule has 3 aromatic carbocycles. The summed E-state index contributed by atoms with van der Waals surface area (Å²) in [6, 6.07) is 19.6. The molecule has 3 rings (SSSR count). The summed E-state index contributed by atoms with van der Waals surface area (Å²) < 4.78 is 27.5. The summed E-state index contributed by atoms with van der Waals surface area (Å²) in [6.07, 6.45) is -0.200. The highest BCUT2D eigenvalue weighted by atomic mass is 32.2. The molecule has 0 saturated carbocycles. The molecule has 0 spiro atoms. The van der Waals surface area contributed by atoms with Crippen molar-refractivity contribution in [2.24, 2.45) is 5.73 Å². The van der Waals surface area contributed by atoms with Crippen LogP contribution in [-0.4, -0.2) is 35.7 Å². The Morgan fingerprint density at radius 2 is 1.44 bits per heavy atom. The Hall–Kier alpha value is -3.49. The van der Waals surface area contributed by atoms with Gasteiger partial charge in [0.05, 0.1) is 4.90 Å². The van der Waals surface area contributed by atoms with Gasteiger partial charge in [0.2, 0.25) is 0 Å². The van der Waals surface area contributed by atoms with Crippen LogP contribution in [0.5, 0.6) is 0 Å². The van der Waals surface area contributed by atoms with Gasteiger partial charge in [0, 0.05) is 6.42 Å². The zero-order chi connectivity index (χ0) is 23.3. The van der Waals surface area contributed by atoms with Gasteiger partial charge in [0.1, 0.15) is 12.1 Å². The number of aryl methyl sites for hydroxylation is 1. The molecular weight excluding hydrogens is 428 g/mol. The van der Waals surface area contributed by atoms with Gasteiger partial charge in [0.15, 0.2) is 0 Å². The van der Waals surface area contributed by atoms with E-state index in [4.69, 9.17) is 5.73 Å². The molecule has 3 N–H and O–H groups in total. The molecule has 0 radical (unpaired) electrons. The van der Waals surface area contributed by atoms with Crippen molar-refractivity contribution >= 4 is 21.9 Å². The number of carboxylic acids is 1. The minimum absolute atomic E-state index is 0.184. The summed E-state index contributed by atoms with van der Waals surface area (Å²) in [7, 11) is -4.51. The number of hydrogen-bond acceptors (Lipinski definition) is 5. The van der Waals surface area contributed by atoms with Gasteiger partial charge in [-0.1, -0.05) is 78.4 Å². The Morgan fingerprint density at radius 1 is 0.906 bits per heavy atom. The van der Waals surface area contributed by atoms with Gasteiger partial charge in [0.25, 0.3) is 15.9 Å². The molecule has 2 atom stereocenters. The number of carbonyl (C=O) groups excluding carboxylic acids is 1. The van der Waals surface area contributed by atoms with E-state index in [2.05, 4.69) is 0 Å². The summed E-state index contributed by atoms with van der Waals surface area (Å²) in [5, 5.41) is 9.96. The molecule has 1 unspecified atom stereocenters. The molecule has 3 aromatic rings. The van der Waals surface area contributed by atoms with Crippen molar-refractivity contribution in [2.45, 2.75) is 30.3 Å². The van der Waals surface area contributed by atoms with E-state index in [0.717, 1.165) is 5.56 Å². The average molecular weight is 453 g/mol. The summed E-state index contributed by atoms with van der Waals surface area (Å²) in [4.78, 5) is 25.5. The number of benzene rings is 3. The van der Waals surface area contributed by atoms with Crippen LogP contribution in [0.25, 0.3) is 0 Å². The third-order valence-corrected chi connectivity index (χ3v) is 6.88. The molecule has 0 heterocycles. The minimum Gasteiger partial charge on any atom is -0.480 e. The van der Waals surface area contributed by atoms with E-state index in [1.807, 2.05) is 0 Å². The fraction of sp³-hybridized carbons (Fsp3) is 0.167. The van der Waals surface area contributed by atoms with E-state index in [1.165, 1.54) is 12.1 Å². The van der Waals surface area contributed by atoms with Crippen molar-refractivity contribution < 1.29 is 23.1 Å². The lowest BCUT2D eigenvalue weighted by Crippen LogP contribution is -2.52. The van der Waals surface area contributed by atoms with E-state index in [1.54, 1.807) is 79.7 Å². The Morgan fingerprint density at radius 3 is 1.97 bits per heavy atom. The first kappa shape index (κ1) is 23.2. The standard InChI is InChI=1S/C24H24N2O5S/c1-17-12-14-20(15-13-17)32(30,31)26(23(27)22(25)19-10-6-3-7-11-19)21(24(28)29)16-18-8-4-2-5-9-18/h2-15,21-22H,16,25H2,1H3,(H,28,29)/t21-,22?/m0/s1. The SMILES string of the molecule is Cc1ccc(S(=O)(=O)N(C(=O)C(N)c2ccccc2)[C@@H](Cc2ccccc2)C(=O)O)cc1. The zero-order valence-corrected chi connectivity index (χ0v) is 18.3. The highest BCUT2D eigenvalue weighted by molar-refractivity contribution is 7.89. The molecule has 0 fully saturated rings. The Kier molecular flexibility index (Phi) is 7.07. The smallest absolute Gasteiger partial charge is 0.328 e. The third kappa shape index (κ3) is 5.04. The number of aliphatic carboxylic acids is 1. The number of nitrogens with two attached hydrogens (primary N) is 1. The van der Waals surface area contributed by atoms with Gasteiger partial charge in [-0.05, 0) is 30.2 Å². The van der Waals surface area contributed by atoms with E-state index >= 15 is 0 Å². The predicted octanol–water partition coefficient (Wildman–Crippen LogP) is 2.91. The Balaban J connectivity index is 2.11. The molecule has 0 bridgehead atoms. The lowest BCUT2D eigenvalue weighted by atomic mass is 10.0. The van der Waals surface area contributed by atoms with Crippen LogP contribution >= 0.6 is 0 Å². The fourth-order valence-electron chi connectivity index (χ4n) is 3.31. The molecular formula is C24H24N2O5S. The third-order valence-electron chi connectivity index (χ3n) is 5.06. The van der Waals surface area contributed by atoms with E-state index < -0.39 is 34.0 Å². The highest BCUT2D eigenvalue weighted by Crippen LogP contribution is 2.25. The van der Waals surface area contributed by atoms with Crippen molar-refractivity contribution in [1.29, 1.82) is 0 Å². The van der Waals surface area contributed by atoms with E-state index in [9.17, 15) is 23.1 Å². The largest absolute Gasteiger partial charge is 0.480 e. The van der Waals surface area contributed by atoms with Crippen LogP contribution in [-0.2, 0) is 26.0 Å². The monoisotopic (exact) mass is 452 g/mol. The van der Waals surface area contributed by atoms with Gasteiger partial charge in [-0.2, -0.15) is 0 Å². The van der Waals surface area contributed by atoms with Crippen LogP contribution in [0.15, 0.2) is 89.8 Å². The fourth-order valence-corrected chi connectivity index (χ4v) is 4.87. The summed E-state index contributed by atoms with van der Waals surface area (Å²) in [5.74, 6) is -2.46. The number of carbonyl (C=O) groups is 2. The van der Waals surface area contributed by atoms with Crippen LogP contribution in [0.2, 0.25) is 0 Å². The molecule has 7 nitrogen and oxygen atoms in total. The quantitative estimate of drug-likeness (QED) is 0.543. The molecule has 0 aliphatic carbocycles. The maximum absolute atomic E-state index is 13.5. The predicted molar refractivity (Wildman–Crippen MR) is 120 cm³/mol. The second kappa shape index (κ2) is 9.76. The number of amides is 1. The van der Waals surface area contributed by atoms with Crippen LogP contribution in [0.1, 0.15) is 22.7 Å². The van der Waals surface area contributed by atoms with E-state index in [-0.39, 0.29) is 11.3 Å². The number of sulfonamides is 1. The van der Waals surface area contributed by atoms with Crippen molar-refractivity contribution in [3.8, 4) is 0 Å². The van der Waals surface area contributed by atoms with E-state index in [0.29, 0.717) is 15.4 Å². The van der Waals surface area contributed by atoms with Gasteiger partial charge >= 0.3 is 5.97 Å². The molecule has 0 saturated heterocycles. The highest BCUT2D eigenvalue weighted by Gasteiger charge is 2.42. The van der Waals surface area contributed by atoms with Gasteiger partial charge in [-0.15, -0.1) is 0 Å². The first-order chi connectivity index (χ1) is 15.2. The normalized spacial score (nSPS) is 13.2. The maximum Gasteiger partial charge on any atom is 0.328 e. The average Bonchev–Trinajstić information content (AvgIpc) is 2.79. The molecule has 0 aromatic heterocycles. The molecule has 8 heteroatoms. The number of rotatable bonds is 8. The first-order valence-electron chi connectivity index (χ1n) is 9.94. The number of hydrogen-bond donors (Lipinski definition) is 2. The van der Waals surface area contributed by atoms with Crippen molar-refractivity contribution in [3.63, 3.8) is 0 Å². The lowest BCUT2D eigenvalue weighted by Gasteiger charge is -2.30. The van der Waals surface area contributed by atoms with Crippen molar-refractivity contribution in [3.05, 3.63) is 102 Å². The van der Waals surface area contributed by atoms with Gasteiger partial charge < -0.3 is 10.8 Å². The van der Waals surface area contributed by atoms with Crippen molar-refractivity contribution in [2.75, 3.05) is 0 Å². The molecule has 1 amide bonds. The minimum atomic E-state index is -4.51.